The maximum absolute atomic E-state index is 10.5. The molecule has 1 saturated heterocycles. The normalized spacial score (nSPS) is 22.0. The van der Waals surface area contributed by atoms with Gasteiger partial charge < -0.3 is 10.0 Å². The largest absolute Gasteiger partial charge is 0.391 e. The van der Waals surface area contributed by atoms with Crippen molar-refractivity contribution < 1.29 is 10.0 Å². The lowest BCUT2D eigenvalue weighted by atomic mass is 10.0. The van der Waals surface area contributed by atoms with E-state index < -0.39 is 11.0 Å². The van der Waals surface area contributed by atoms with E-state index >= 15 is 0 Å². The van der Waals surface area contributed by atoms with Gasteiger partial charge in [0.25, 0.3) is 5.69 Å². The first kappa shape index (κ1) is 13.0. The van der Waals surface area contributed by atoms with Gasteiger partial charge in [-0.25, -0.2) is 0 Å². The summed E-state index contributed by atoms with van der Waals surface area (Å²) in [6.45, 7) is 1.03. The number of non-ortho nitro benzene ring substituents is 1. The number of likely N-dealkylation sites (N-methyl/N-ethyl adjacent to an activating group) is 1. The van der Waals surface area contributed by atoms with E-state index in [4.69, 9.17) is 0 Å². The predicted molar refractivity (Wildman–Crippen MR) is 68.5 cm³/mol. The lowest BCUT2D eigenvalue weighted by Crippen LogP contribution is -2.37. The zero-order valence-corrected chi connectivity index (χ0v) is 10.5. The summed E-state index contributed by atoms with van der Waals surface area (Å²) in [6.07, 6.45) is 2.29. The smallest absolute Gasteiger partial charge is 0.269 e. The molecule has 0 radical (unpaired) electrons. The van der Waals surface area contributed by atoms with E-state index in [1.54, 1.807) is 12.1 Å². The topological polar surface area (TPSA) is 66.6 Å². The van der Waals surface area contributed by atoms with Gasteiger partial charge in [-0.2, -0.15) is 0 Å². The molecule has 0 bridgehead atoms. The molecule has 18 heavy (non-hydrogen) atoms. The fourth-order valence-corrected chi connectivity index (χ4v) is 2.55. The van der Waals surface area contributed by atoms with Crippen LogP contribution in [0, 0.1) is 10.1 Å². The summed E-state index contributed by atoms with van der Waals surface area (Å²) in [5.41, 5.74) is 1.03. The minimum absolute atomic E-state index is 0.0891. The Balaban J connectivity index is 1.98. The fourth-order valence-electron chi connectivity index (χ4n) is 2.55. The van der Waals surface area contributed by atoms with Gasteiger partial charge in [0.15, 0.2) is 0 Å². The third-order valence-electron chi connectivity index (χ3n) is 3.61. The average Bonchev–Trinajstić information content (AvgIpc) is 2.76. The van der Waals surface area contributed by atoms with E-state index in [2.05, 4.69) is 4.90 Å². The molecule has 0 saturated carbocycles. The van der Waals surface area contributed by atoms with Crippen LogP contribution in [0.3, 0.4) is 0 Å². The molecule has 98 valence electrons. The van der Waals surface area contributed by atoms with Crippen LogP contribution in [-0.4, -0.2) is 40.7 Å². The van der Waals surface area contributed by atoms with Gasteiger partial charge in [-0.1, -0.05) is 12.1 Å². The van der Waals surface area contributed by atoms with Gasteiger partial charge in [0, 0.05) is 18.2 Å². The first-order chi connectivity index (χ1) is 8.58. The number of hydrogen-bond donors (Lipinski definition) is 1. The molecule has 0 amide bonds. The van der Waals surface area contributed by atoms with E-state index in [1.807, 2.05) is 7.05 Å². The number of benzene rings is 1. The number of hydrogen-bond acceptors (Lipinski definition) is 4. The molecule has 0 unspecified atom stereocenters. The van der Waals surface area contributed by atoms with Crippen molar-refractivity contribution in [3.05, 3.63) is 39.9 Å². The van der Waals surface area contributed by atoms with Crippen LogP contribution in [0.1, 0.15) is 18.4 Å². The number of nitro groups is 1. The summed E-state index contributed by atoms with van der Waals surface area (Å²) in [5.74, 6) is 0. The molecule has 5 heteroatoms. The highest BCUT2D eigenvalue weighted by molar-refractivity contribution is 5.33. The zero-order chi connectivity index (χ0) is 13.1. The lowest BCUT2D eigenvalue weighted by Gasteiger charge is -2.25. The van der Waals surface area contributed by atoms with Crippen molar-refractivity contribution >= 4 is 5.69 Å². The van der Waals surface area contributed by atoms with E-state index in [1.165, 1.54) is 12.1 Å². The van der Waals surface area contributed by atoms with E-state index in [0.29, 0.717) is 6.42 Å². The monoisotopic (exact) mass is 250 g/mol. The van der Waals surface area contributed by atoms with Crippen LogP contribution < -0.4 is 0 Å². The maximum atomic E-state index is 10.5. The molecule has 1 N–H and O–H groups in total. The van der Waals surface area contributed by atoms with Crippen LogP contribution in [0.5, 0.6) is 0 Å². The molecule has 1 aliphatic heterocycles. The Morgan fingerprint density at radius 3 is 2.67 bits per heavy atom. The molecule has 0 aliphatic carbocycles. The van der Waals surface area contributed by atoms with Crippen molar-refractivity contribution in [2.45, 2.75) is 31.4 Å². The number of nitrogens with zero attached hydrogens (tertiary/aromatic N) is 2. The van der Waals surface area contributed by atoms with Crippen LogP contribution >= 0.6 is 0 Å². The summed E-state index contributed by atoms with van der Waals surface area (Å²) in [7, 11) is 2.02. The number of nitro benzene ring substituents is 1. The van der Waals surface area contributed by atoms with E-state index in [9.17, 15) is 15.2 Å². The third kappa shape index (κ3) is 2.86. The molecule has 1 aliphatic rings. The van der Waals surface area contributed by atoms with Crippen molar-refractivity contribution in [1.82, 2.24) is 4.90 Å². The Labute approximate surface area is 106 Å². The van der Waals surface area contributed by atoms with Gasteiger partial charge in [0.05, 0.1) is 11.0 Å². The predicted octanol–water partition coefficient (Wildman–Crippen LogP) is 1.59. The number of rotatable bonds is 4. The quantitative estimate of drug-likeness (QED) is 0.651. The second-order valence-electron chi connectivity index (χ2n) is 4.89. The highest BCUT2D eigenvalue weighted by Gasteiger charge is 2.27. The Kier molecular flexibility index (Phi) is 3.93. The number of aliphatic hydroxyl groups is 1. The minimum Gasteiger partial charge on any atom is -0.391 e. The summed E-state index contributed by atoms with van der Waals surface area (Å²) in [4.78, 5) is 12.3. The van der Waals surface area contributed by atoms with Gasteiger partial charge in [0.2, 0.25) is 0 Å². The third-order valence-corrected chi connectivity index (χ3v) is 3.61. The molecule has 2 rings (SSSR count). The Hall–Kier alpha value is -1.46. The van der Waals surface area contributed by atoms with Gasteiger partial charge in [-0.3, -0.25) is 10.1 Å². The van der Waals surface area contributed by atoms with Crippen molar-refractivity contribution in [1.29, 1.82) is 0 Å². The van der Waals surface area contributed by atoms with Gasteiger partial charge >= 0.3 is 0 Å². The Morgan fingerprint density at radius 1 is 1.50 bits per heavy atom. The molecule has 1 heterocycles. The second kappa shape index (κ2) is 5.46. The van der Waals surface area contributed by atoms with Gasteiger partial charge in [-0.15, -0.1) is 0 Å². The number of likely N-dealkylation sites (tertiary alicyclic amines) is 1. The van der Waals surface area contributed by atoms with Crippen molar-refractivity contribution in [2.75, 3.05) is 13.6 Å². The summed E-state index contributed by atoms with van der Waals surface area (Å²) >= 11 is 0. The first-order valence-electron chi connectivity index (χ1n) is 6.19. The van der Waals surface area contributed by atoms with Crippen molar-refractivity contribution in [3.63, 3.8) is 0 Å². The average molecular weight is 250 g/mol. The molecular weight excluding hydrogens is 232 g/mol. The zero-order valence-electron chi connectivity index (χ0n) is 10.5. The van der Waals surface area contributed by atoms with E-state index in [-0.39, 0.29) is 11.7 Å². The van der Waals surface area contributed by atoms with Crippen molar-refractivity contribution in [3.8, 4) is 0 Å². The molecule has 1 fully saturated rings. The highest BCUT2D eigenvalue weighted by atomic mass is 16.6. The molecule has 2 atom stereocenters. The molecule has 1 aromatic carbocycles. The highest BCUT2D eigenvalue weighted by Crippen LogP contribution is 2.21. The van der Waals surface area contributed by atoms with Crippen LogP contribution in [0.15, 0.2) is 24.3 Å². The fraction of sp³-hybridized carbons (Fsp3) is 0.538. The lowest BCUT2D eigenvalue weighted by molar-refractivity contribution is -0.384. The van der Waals surface area contributed by atoms with Gasteiger partial charge in [0.1, 0.15) is 0 Å². The summed E-state index contributed by atoms with van der Waals surface area (Å²) in [6, 6.07) is 6.62. The minimum atomic E-state index is -0.412. The van der Waals surface area contributed by atoms with Crippen LogP contribution in [0.4, 0.5) is 5.69 Å². The Morgan fingerprint density at radius 2 is 2.17 bits per heavy atom. The van der Waals surface area contributed by atoms with E-state index in [0.717, 1.165) is 24.9 Å². The second-order valence-corrected chi connectivity index (χ2v) is 4.89. The molecular formula is C13H18N2O3. The van der Waals surface area contributed by atoms with Crippen LogP contribution in [0.25, 0.3) is 0 Å². The molecule has 0 spiro atoms. The summed E-state index contributed by atoms with van der Waals surface area (Å²) < 4.78 is 0. The summed E-state index contributed by atoms with van der Waals surface area (Å²) in [5, 5.41) is 20.7. The Bertz CT molecular complexity index is 419. The molecule has 1 aromatic rings. The molecule has 0 aromatic heterocycles. The maximum Gasteiger partial charge on any atom is 0.269 e. The first-order valence-corrected chi connectivity index (χ1v) is 6.19. The van der Waals surface area contributed by atoms with Crippen molar-refractivity contribution in [2.24, 2.45) is 0 Å². The number of aliphatic hydroxyl groups excluding tert-OH is 1. The van der Waals surface area contributed by atoms with Gasteiger partial charge in [-0.05, 0) is 38.4 Å². The standard InChI is InChI=1S/C13H18N2O3/c1-14-8-2-3-12(14)13(16)9-10-4-6-11(7-5-10)15(17)18/h4-7,12-13,16H,2-3,8-9H2,1H3/t12-,13+/m1/s1. The SMILES string of the molecule is CN1CCC[C@@H]1[C@@H](O)Cc1ccc([N+](=O)[O-])cc1. The van der Waals surface area contributed by atoms with Crippen LogP contribution in [0.2, 0.25) is 0 Å². The molecule has 5 nitrogen and oxygen atoms in total. The van der Waals surface area contributed by atoms with Crippen LogP contribution in [-0.2, 0) is 6.42 Å².